The number of halogens is 1. The number of methoxy groups -OCH3 is 1. The van der Waals surface area contributed by atoms with Crippen LogP contribution in [-0.4, -0.2) is 51.3 Å². The average Bonchev–Trinajstić information content (AvgIpc) is 2.68. The molecule has 1 saturated heterocycles. The molecular formula is C21H27BrN2O2. The van der Waals surface area contributed by atoms with E-state index in [-0.39, 0.29) is 0 Å². The van der Waals surface area contributed by atoms with Crippen LogP contribution in [0.4, 0.5) is 5.69 Å². The molecule has 0 aliphatic carbocycles. The first-order valence-electron chi connectivity index (χ1n) is 9.22. The fourth-order valence-electron chi connectivity index (χ4n) is 3.32. The van der Waals surface area contributed by atoms with Crippen LogP contribution in [0.1, 0.15) is 12.5 Å². The molecule has 0 amide bonds. The Hall–Kier alpha value is -1.72. The first-order valence-corrected chi connectivity index (χ1v) is 10.0. The van der Waals surface area contributed by atoms with Crippen molar-refractivity contribution in [3.05, 3.63) is 52.5 Å². The number of anilines is 1. The lowest BCUT2D eigenvalue weighted by molar-refractivity contribution is 0.260. The lowest BCUT2D eigenvalue weighted by atomic mass is 10.1. The van der Waals surface area contributed by atoms with Gasteiger partial charge in [-0.3, -0.25) is 4.90 Å². The van der Waals surface area contributed by atoms with Crippen LogP contribution in [-0.2, 0) is 6.42 Å². The third-order valence-electron chi connectivity index (χ3n) is 4.80. The minimum absolute atomic E-state index is 0.715. The van der Waals surface area contributed by atoms with Gasteiger partial charge in [-0.15, -0.1) is 0 Å². The van der Waals surface area contributed by atoms with E-state index in [2.05, 4.69) is 62.1 Å². The number of ether oxygens (including phenoxy) is 2. The molecule has 0 N–H and O–H groups in total. The Bertz CT molecular complexity index is 715. The molecule has 0 unspecified atom stereocenters. The Morgan fingerprint density at radius 1 is 1.04 bits per heavy atom. The Labute approximate surface area is 164 Å². The maximum atomic E-state index is 5.59. The normalized spacial score (nSPS) is 15.1. The van der Waals surface area contributed by atoms with E-state index in [4.69, 9.17) is 9.47 Å². The molecule has 0 radical (unpaired) electrons. The SMILES string of the molecule is CCOc1cccc(CCN2CCN(c3ccc(Br)c(OC)c3)CC2)c1. The zero-order valence-electron chi connectivity index (χ0n) is 15.6. The van der Waals surface area contributed by atoms with Crippen molar-refractivity contribution < 1.29 is 9.47 Å². The number of hydrogen-bond donors (Lipinski definition) is 0. The molecule has 140 valence electrons. The van der Waals surface area contributed by atoms with Crippen molar-refractivity contribution in [2.45, 2.75) is 13.3 Å². The molecule has 1 aliphatic heterocycles. The second-order valence-electron chi connectivity index (χ2n) is 6.48. The molecule has 3 rings (SSSR count). The van der Waals surface area contributed by atoms with Crippen LogP contribution in [0.25, 0.3) is 0 Å². The fraction of sp³-hybridized carbons (Fsp3) is 0.429. The maximum absolute atomic E-state index is 5.59. The van der Waals surface area contributed by atoms with Gasteiger partial charge in [0.2, 0.25) is 0 Å². The summed E-state index contributed by atoms with van der Waals surface area (Å²) in [6.45, 7) is 8.09. The lowest BCUT2D eigenvalue weighted by Crippen LogP contribution is -2.47. The smallest absolute Gasteiger partial charge is 0.135 e. The number of benzene rings is 2. The molecule has 1 heterocycles. The van der Waals surface area contributed by atoms with Crippen LogP contribution in [0.2, 0.25) is 0 Å². The summed E-state index contributed by atoms with van der Waals surface area (Å²) >= 11 is 3.52. The Kier molecular flexibility index (Phi) is 6.80. The molecule has 26 heavy (non-hydrogen) atoms. The van der Waals surface area contributed by atoms with Crippen molar-refractivity contribution in [2.75, 3.05) is 51.3 Å². The summed E-state index contributed by atoms with van der Waals surface area (Å²) < 4.78 is 12.0. The molecule has 5 heteroatoms. The van der Waals surface area contributed by atoms with Gasteiger partial charge in [-0.1, -0.05) is 12.1 Å². The summed E-state index contributed by atoms with van der Waals surface area (Å²) in [7, 11) is 1.71. The molecule has 0 aromatic heterocycles. The molecule has 0 bridgehead atoms. The summed E-state index contributed by atoms with van der Waals surface area (Å²) in [6.07, 6.45) is 1.06. The molecular weight excluding hydrogens is 392 g/mol. The third-order valence-corrected chi connectivity index (χ3v) is 5.45. The summed E-state index contributed by atoms with van der Waals surface area (Å²) in [4.78, 5) is 4.97. The van der Waals surface area contributed by atoms with Gasteiger partial charge >= 0.3 is 0 Å². The largest absolute Gasteiger partial charge is 0.495 e. The second kappa shape index (κ2) is 9.28. The Balaban J connectivity index is 1.50. The van der Waals surface area contributed by atoms with Gasteiger partial charge in [-0.05, 0) is 59.1 Å². The Morgan fingerprint density at radius 3 is 2.58 bits per heavy atom. The quantitative estimate of drug-likeness (QED) is 0.671. The van der Waals surface area contributed by atoms with E-state index in [1.807, 2.05) is 13.0 Å². The molecule has 4 nitrogen and oxygen atoms in total. The van der Waals surface area contributed by atoms with E-state index in [1.54, 1.807) is 7.11 Å². The minimum Gasteiger partial charge on any atom is -0.495 e. The van der Waals surface area contributed by atoms with Crippen molar-refractivity contribution in [1.82, 2.24) is 4.90 Å². The van der Waals surface area contributed by atoms with Gasteiger partial charge < -0.3 is 14.4 Å². The van der Waals surface area contributed by atoms with Gasteiger partial charge in [0.1, 0.15) is 11.5 Å². The second-order valence-corrected chi connectivity index (χ2v) is 7.33. The molecule has 2 aromatic rings. The highest BCUT2D eigenvalue weighted by Crippen LogP contribution is 2.30. The zero-order valence-corrected chi connectivity index (χ0v) is 17.2. The highest BCUT2D eigenvalue weighted by atomic mass is 79.9. The minimum atomic E-state index is 0.715. The molecule has 0 saturated carbocycles. The number of piperazine rings is 1. The van der Waals surface area contributed by atoms with E-state index in [1.165, 1.54) is 11.3 Å². The Morgan fingerprint density at radius 2 is 1.85 bits per heavy atom. The first-order chi connectivity index (χ1) is 12.7. The van der Waals surface area contributed by atoms with Crippen LogP contribution in [0, 0.1) is 0 Å². The standard InChI is InChI=1S/C21H27BrN2O2/c1-3-26-19-6-4-5-17(15-19)9-10-23-11-13-24(14-12-23)18-7-8-20(22)21(16-18)25-2/h4-8,15-16H,3,9-14H2,1-2H3. The van der Waals surface area contributed by atoms with Gasteiger partial charge in [0, 0.05) is 44.5 Å². The molecule has 0 atom stereocenters. The monoisotopic (exact) mass is 418 g/mol. The van der Waals surface area contributed by atoms with E-state index in [0.717, 1.165) is 55.1 Å². The number of rotatable bonds is 7. The first kappa shape index (κ1) is 19.1. The van der Waals surface area contributed by atoms with Crippen molar-refractivity contribution in [3.63, 3.8) is 0 Å². The van der Waals surface area contributed by atoms with Gasteiger partial charge in [-0.2, -0.15) is 0 Å². The molecule has 2 aromatic carbocycles. The van der Waals surface area contributed by atoms with Crippen LogP contribution >= 0.6 is 15.9 Å². The van der Waals surface area contributed by atoms with E-state index in [0.29, 0.717) is 6.61 Å². The summed E-state index contributed by atoms with van der Waals surface area (Å²) in [6, 6.07) is 14.8. The van der Waals surface area contributed by atoms with E-state index >= 15 is 0 Å². The van der Waals surface area contributed by atoms with Gasteiger partial charge in [0.25, 0.3) is 0 Å². The zero-order chi connectivity index (χ0) is 18.4. The van der Waals surface area contributed by atoms with Crippen molar-refractivity contribution >= 4 is 21.6 Å². The predicted octanol–water partition coefficient (Wildman–Crippen LogP) is 4.22. The highest BCUT2D eigenvalue weighted by Gasteiger charge is 2.18. The predicted molar refractivity (Wildman–Crippen MR) is 111 cm³/mol. The third kappa shape index (κ3) is 4.92. The lowest BCUT2D eigenvalue weighted by Gasteiger charge is -2.36. The average molecular weight is 419 g/mol. The summed E-state index contributed by atoms with van der Waals surface area (Å²) in [5, 5.41) is 0. The molecule has 1 fully saturated rings. The van der Waals surface area contributed by atoms with Crippen LogP contribution in [0.15, 0.2) is 46.9 Å². The van der Waals surface area contributed by atoms with Gasteiger partial charge in [-0.25, -0.2) is 0 Å². The molecule has 0 spiro atoms. The summed E-state index contributed by atoms with van der Waals surface area (Å²) in [5.74, 6) is 1.86. The van der Waals surface area contributed by atoms with E-state index < -0.39 is 0 Å². The van der Waals surface area contributed by atoms with E-state index in [9.17, 15) is 0 Å². The van der Waals surface area contributed by atoms with Crippen molar-refractivity contribution in [2.24, 2.45) is 0 Å². The van der Waals surface area contributed by atoms with Gasteiger partial charge in [0.15, 0.2) is 0 Å². The topological polar surface area (TPSA) is 24.9 Å². The highest BCUT2D eigenvalue weighted by molar-refractivity contribution is 9.10. The van der Waals surface area contributed by atoms with Crippen molar-refractivity contribution in [1.29, 1.82) is 0 Å². The maximum Gasteiger partial charge on any atom is 0.135 e. The van der Waals surface area contributed by atoms with Crippen LogP contribution < -0.4 is 14.4 Å². The summed E-state index contributed by atoms with van der Waals surface area (Å²) in [5.41, 5.74) is 2.57. The number of nitrogens with zero attached hydrogens (tertiary/aromatic N) is 2. The molecule has 1 aliphatic rings. The van der Waals surface area contributed by atoms with Crippen LogP contribution in [0.3, 0.4) is 0 Å². The van der Waals surface area contributed by atoms with Crippen LogP contribution in [0.5, 0.6) is 11.5 Å². The van der Waals surface area contributed by atoms with Gasteiger partial charge in [0.05, 0.1) is 18.2 Å². The van der Waals surface area contributed by atoms with Crippen molar-refractivity contribution in [3.8, 4) is 11.5 Å². The fourth-order valence-corrected chi connectivity index (χ4v) is 3.73. The number of hydrogen-bond acceptors (Lipinski definition) is 4.